The largest absolute Gasteiger partial charge is 0.493 e. The lowest BCUT2D eigenvalue weighted by atomic mass is 10.1. The number of benzene rings is 2. The molecule has 1 amide bonds. The van der Waals surface area contributed by atoms with E-state index in [-0.39, 0.29) is 29.9 Å². The maximum Gasteiger partial charge on any atom is 0.251 e. The molecule has 32 heavy (non-hydrogen) atoms. The highest BCUT2D eigenvalue weighted by Crippen LogP contribution is 2.27. The van der Waals surface area contributed by atoms with Gasteiger partial charge in [0.2, 0.25) is 0 Å². The number of guanidine groups is 1. The lowest BCUT2D eigenvalue weighted by Crippen LogP contribution is -2.40. The van der Waals surface area contributed by atoms with Gasteiger partial charge in [0, 0.05) is 39.3 Å². The van der Waals surface area contributed by atoms with Crippen molar-refractivity contribution in [3.63, 3.8) is 0 Å². The second-order valence-corrected chi connectivity index (χ2v) is 7.13. The minimum atomic E-state index is -0.0754. The van der Waals surface area contributed by atoms with Crippen LogP contribution in [0.1, 0.15) is 28.4 Å². The average molecular weight is 554 g/mol. The molecule has 0 bridgehead atoms. The van der Waals surface area contributed by atoms with Crippen LogP contribution in [0, 0.1) is 0 Å². The van der Waals surface area contributed by atoms with Gasteiger partial charge in [-0.3, -0.25) is 9.79 Å². The zero-order chi connectivity index (χ0) is 22.6. The number of carbonyl (C=O) groups is 1. The molecule has 7 nitrogen and oxygen atoms in total. The molecule has 0 aliphatic carbocycles. The van der Waals surface area contributed by atoms with E-state index < -0.39 is 0 Å². The van der Waals surface area contributed by atoms with Gasteiger partial charge < -0.3 is 25.0 Å². The molecular weight excluding hydrogens is 519 g/mol. The normalized spacial score (nSPS) is 10.7. The molecule has 0 aliphatic rings. The maximum absolute atomic E-state index is 11.8. The van der Waals surface area contributed by atoms with E-state index in [2.05, 4.69) is 28.5 Å². The van der Waals surface area contributed by atoms with Crippen LogP contribution in [-0.4, -0.2) is 64.7 Å². The number of amides is 1. The third kappa shape index (κ3) is 8.22. The van der Waals surface area contributed by atoms with Crippen LogP contribution in [0.4, 0.5) is 0 Å². The number of hydrogen-bond donors (Lipinski definition) is 2. The first-order valence-electron chi connectivity index (χ1n) is 10.5. The Labute approximate surface area is 208 Å². The second-order valence-electron chi connectivity index (χ2n) is 7.13. The Hall–Kier alpha value is -2.49. The van der Waals surface area contributed by atoms with Gasteiger partial charge in [-0.2, -0.15) is 0 Å². The Bertz CT molecular complexity index is 889. The summed E-state index contributed by atoms with van der Waals surface area (Å²) in [5.74, 6) is 2.26. The molecular formula is C24H35IN4O3. The van der Waals surface area contributed by atoms with E-state index in [1.165, 1.54) is 5.56 Å². The van der Waals surface area contributed by atoms with Crippen molar-refractivity contribution in [2.45, 2.75) is 19.8 Å². The first kappa shape index (κ1) is 27.5. The lowest BCUT2D eigenvalue weighted by Gasteiger charge is -2.22. The number of likely N-dealkylation sites (N-methyl/N-ethyl adjacent to an activating group) is 1. The zero-order valence-corrected chi connectivity index (χ0v) is 21.9. The highest BCUT2D eigenvalue weighted by atomic mass is 127. The van der Waals surface area contributed by atoms with Crippen molar-refractivity contribution >= 4 is 35.8 Å². The minimum absolute atomic E-state index is 0. The summed E-state index contributed by atoms with van der Waals surface area (Å²) in [4.78, 5) is 18.7. The zero-order valence-electron chi connectivity index (χ0n) is 19.6. The summed E-state index contributed by atoms with van der Waals surface area (Å²) < 4.78 is 10.7. The van der Waals surface area contributed by atoms with Crippen LogP contribution in [0.15, 0.2) is 47.5 Å². The summed E-state index contributed by atoms with van der Waals surface area (Å²) >= 11 is 0. The molecule has 0 spiro atoms. The van der Waals surface area contributed by atoms with Crippen molar-refractivity contribution in [2.24, 2.45) is 4.99 Å². The van der Waals surface area contributed by atoms with Gasteiger partial charge in [-0.05, 0) is 55.2 Å². The predicted molar refractivity (Wildman–Crippen MR) is 141 cm³/mol. The van der Waals surface area contributed by atoms with Crippen molar-refractivity contribution in [3.8, 4) is 11.5 Å². The SMILES string of the molecule is CCNC(=NCCc1cccc(C(=O)NC)c1)N(C)CCc1ccc(OC)c(OC)c1.I. The van der Waals surface area contributed by atoms with E-state index >= 15 is 0 Å². The number of ether oxygens (including phenoxy) is 2. The molecule has 0 fully saturated rings. The Morgan fingerprint density at radius 1 is 1.03 bits per heavy atom. The van der Waals surface area contributed by atoms with Crippen LogP contribution in [0.25, 0.3) is 0 Å². The van der Waals surface area contributed by atoms with Gasteiger partial charge in [0.25, 0.3) is 5.91 Å². The highest BCUT2D eigenvalue weighted by molar-refractivity contribution is 14.0. The molecule has 0 aromatic heterocycles. The smallest absolute Gasteiger partial charge is 0.251 e. The molecule has 0 saturated heterocycles. The summed E-state index contributed by atoms with van der Waals surface area (Å²) in [5.41, 5.74) is 2.93. The summed E-state index contributed by atoms with van der Waals surface area (Å²) in [6.07, 6.45) is 1.62. The monoisotopic (exact) mass is 554 g/mol. The number of aliphatic imine (C=N–C) groups is 1. The highest BCUT2D eigenvalue weighted by Gasteiger charge is 2.09. The van der Waals surface area contributed by atoms with E-state index in [1.54, 1.807) is 21.3 Å². The van der Waals surface area contributed by atoms with Crippen molar-refractivity contribution in [3.05, 3.63) is 59.2 Å². The van der Waals surface area contributed by atoms with E-state index in [0.717, 1.165) is 49.0 Å². The van der Waals surface area contributed by atoms with Crippen molar-refractivity contribution in [2.75, 3.05) is 47.9 Å². The summed E-state index contributed by atoms with van der Waals surface area (Å²) in [7, 11) is 6.96. The molecule has 0 heterocycles. The van der Waals surface area contributed by atoms with Crippen molar-refractivity contribution in [1.82, 2.24) is 15.5 Å². The number of nitrogens with zero attached hydrogens (tertiary/aromatic N) is 2. The van der Waals surface area contributed by atoms with Gasteiger partial charge in [-0.1, -0.05) is 18.2 Å². The molecule has 0 radical (unpaired) electrons. The third-order valence-electron chi connectivity index (χ3n) is 4.96. The quantitative estimate of drug-likeness (QED) is 0.268. The first-order valence-corrected chi connectivity index (χ1v) is 10.5. The average Bonchev–Trinajstić information content (AvgIpc) is 2.81. The number of methoxy groups -OCH3 is 2. The molecule has 2 aromatic carbocycles. The maximum atomic E-state index is 11.8. The molecule has 2 aromatic rings. The summed E-state index contributed by atoms with van der Waals surface area (Å²) in [6.45, 7) is 4.31. The van der Waals surface area contributed by atoms with Crippen LogP contribution >= 0.6 is 24.0 Å². The molecule has 176 valence electrons. The van der Waals surface area contributed by atoms with Gasteiger partial charge in [0.05, 0.1) is 14.2 Å². The molecule has 2 rings (SSSR count). The number of carbonyl (C=O) groups excluding carboxylic acids is 1. The van der Waals surface area contributed by atoms with Crippen LogP contribution in [-0.2, 0) is 12.8 Å². The first-order chi connectivity index (χ1) is 15.0. The number of rotatable bonds is 10. The summed E-state index contributed by atoms with van der Waals surface area (Å²) in [6, 6.07) is 13.7. The van der Waals surface area contributed by atoms with E-state index in [9.17, 15) is 4.79 Å². The van der Waals surface area contributed by atoms with E-state index in [0.29, 0.717) is 12.1 Å². The van der Waals surface area contributed by atoms with Crippen LogP contribution in [0.3, 0.4) is 0 Å². The fourth-order valence-corrected chi connectivity index (χ4v) is 3.21. The molecule has 0 atom stereocenters. The molecule has 0 saturated carbocycles. The van der Waals surface area contributed by atoms with Gasteiger partial charge in [-0.25, -0.2) is 0 Å². The number of nitrogens with one attached hydrogen (secondary N) is 2. The second kappa shape index (κ2) is 14.5. The van der Waals surface area contributed by atoms with Crippen molar-refractivity contribution < 1.29 is 14.3 Å². The van der Waals surface area contributed by atoms with Crippen LogP contribution < -0.4 is 20.1 Å². The van der Waals surface area contributed by atoms with Gasteiger partial charge in [-0.15, -0.1) is 24.0 Å². The molecule has 0 aliphatic heterocycles. The fourth-order valence-electron chi connectivity index (χ4n) is 3.21. The van der Waals surface area contributed by atoms with Gasteiger partial charge in [0.1, 0.15) is 0 Å². The Morgan fingerprint density at radius 2 is 1.75 bits per heavy atom. The number of halogens is 1. The van der Waals surface area contributed by atoms with Crippen molar-refractivity contribution in [1.29, 1.82) is 0 Å². The van der Waals surface area contributed by atoms with E-state index in [1.807, 2.05) is 43.4 Å². The van der Waals surface area contributed by atoms with E-state index in [4.69, 9.17) is 14.5 Å². The fraction of sp³-hybridized carbons (Fsp3) is 0.417. The van der Waals surface area contributed by atoms with Gasteiger partial charge in [0.15, 0.2) is 17.5 Å². The van der Waals surface area contributed by atoms with Crippen LogP contribution in [0.2, 0.25) is 0 Å². The van der Waals surface area contributed by atoms with Crippen LogP contribution in [0.5, 0.6) is 11.5 Å². The molecule has 0 unspecified atom stereocenters. The Morgan fingerprint density at radius 3 is 2.41 bits per heavy atom. The summed E-state index contributed by atoms with van der Waals surface area (Å²) in [5, 5.41) is 6.01. The molecule has 2 N–H and O–H groups in total. The standard InChI is InChI=1S/C24H34N4O3.HI/c1-6-26-24(27-14-12-18-8-7-9-20(16-18)23(29)25-2)28(3)15-13-19-10-11-21(30-4)22(17-19)31-5;/h7-11,16-17H,6,12-15H2,1-5H3,(H,25,29)(H,26,27);1H. The Kier molecular flexibility index (Phi) is 12.5. The number of hydrogen-bond acceptors (Lipinski definition) is 4. The molecule has 8 heteroatoms. The van der Waals surface area contributed by atoms with Gasteiger partial charge >= 0.3 is 0 Å². The lowest BCUT2D eigenvalue weighted by molar-refractivity contribution is 0.0963. The predicted octanol–water partition coefficient (Wildman–Crippen LogP) is 3.36. The minimum Gasteiger partial charge on any atom is -0.493 e. The topological polar surface area (TPSA) is 75.2 Å². The third-order valence-corrected chi connectivity index (χ3v) is 4.96. The Balaban J connectivity index is 0.00000512.